The third-order valence-electron chi connectivity index (χ3n) is 5.13. The van der Waals surface area contributed by atoms with Crippen LogP contribution in [0.15, 0.2) is 77.7 Å². The van der Waals surface area contributed by atoms with Gasteiger partial charge in [0.2, 0.25) is 5.91 Å². The number of nitrogens with one attached hydrogen (secondary N) is 1. The van der Waals surface area contributed by atoms with Crippen molar-refractivity contribution in [1.29, 1.82) is 0 Å². The molecule has 0 spiro atoms. The van der Waals surface area contributed by atoms with Crippen LogP contribution in [0.1, 0.15) is 25.3 Å². The number of carbonyl (C=O) groups is 1. The molecule has 0 saturated heterocycles. The summed E-state index contributed by atoms with van der Waals surface area (Å²) >= 11 is 0. The third kappa shape index (κ3) is 5.64. The lowest BCUT2D eigenvalue weighted by Gasteiger charge is -2.25. The van der Waals surface area contributed by atoms with E-state index in [1.807, 2.05) is 12.1 Å². The van der Waals surface area contributed by atoms with Crippen LogP contribution in [0.25, 0.3) is 0 Å². The Morgan fingerprint density at radius 1 is 0.909 bits per heavy atom. The van der Waals surface area contributed by atoms with Gasteiger partial charge in [-0.2, -0.15) is 0 Å². The van der Waals surface area contributed by atoms with Gasteiger partial charge in [-0.15, -0.1) is 0 Å². The average Bonchev–Trinajstić information content (AvgIpc) is 2.83. The van der Waals surface area contributed by atoms with Gasteiger partial charge in [0.25, 0.3) is 10.0 Å². The van der Waals surface area contributed by atoms with Crippen LogP contribution in [0.4, 0.5) is 11.4 Å². The Morgan fingerprint density at radius 3 is 2.12 bits per heavy atom. The van der Waals surface area contributed by atoms with Crippen molar-refractivity contribution in [1.82, 2.24) is 0 Å². The van der Waals surface area contributed by atoms with Gasteiger partial charge in [-0.3, -0.25) is 9.10 Å². The summed E-state index contributed by atoms with van der Waals surface area (Å²) in [5, 5.41) is 2.78. The highest BCUT2D eigenvalue weighted by atomic mass is 32.2. The van der Waals surface area contributed by atoms with Crippen LogP contribution < -0.4 is 19.1 Å². The number of nitrogens with zero attached hydrogens (tertiary/aromatic N) is 1. The molecular formula is C25H28N2O5S. The molecule has 3 rings (SSSR count). The fourth-order valence-electron chi connectivity index (χ4n) is 3.30. The van der Waals surface area contributed by atoms with Crippen LogP contribution in [0.3, 0.4) is 0 Å². The standard InChI is InChI=1S/C25H28N2O5S/c1-18(2)19-10-12-20(13-11-19)26-25(28)17-27(33(29,30)22-8-6-5-7-9-22)21-14-15-23(31-3)24(16-21)32-4/h5-16,18H,17H2,1-4H3,(H,26,28). The number of sulfonamides is 1. The van der Waals surface area contributed by atoms with Gasteiger partial charge in [-0.25, -0.2) is 8.42 Å². The Morgan fingerprint density at radius 2 is 1.55 bits per heavy atom. The van der Waals surface area contributed by atoms with Gasteiger partial charge in [0, 0.05) is 11.8 Å². The summed E-state index contributed by atoms with van der Waals surface area (Å²) < 4.78 is 38.6. The normalized spacial score (nSPS) is 11.2. The summed E-state index contributed by atoms with van der Waals surface area (Å²) in [6, 6.07) is 20.2. The van der Waals surface area contributed by atoms with Gasteiger partial charge in [0.15, 0.2) is 11.5 Å². The van der Waals surface area contributed by atoms with Crippen LogP contribution in [0, 0.1) is 0 Å². The molecule has 0 fully saturated rings. The molecule has 1 N–H and O–H groups in total. The van der Waals surface area contributed by atoms with Crippen LogP contribution in [0.5, 0.6) is 11.5 Å². The van der Waals surface area contributed by atoms with Crippen molar-refractivity contribution < 1.29 is 22.7 Å². The van der Waals surface area contributed by atoms with Gasteiger partial charge in [0.1, 0.15) is 6.54 Å². The minimum Gasteiger partial charge on any atom is -0.493 e. The van der Waals surface area contributed by atoms with Crippen LogP contribution in [0.2, 0.25) is 0 Å². The van der Waals surface area contributed by atoms with Crippen LogP contribution in [-0.4, -0.2) is 35.1 Å². The van der Waals surface area contributed by atoms with Crippen LogP contribution in [-0.2, 0) is 14.8 Å². The van der Waals surface area contributed by atoms with Crippen molar-refractivity contribution in [3.05, 3.63) is 78.4 Å². The molecule has 8 heteroatoms. The van der Waals surface area contributed by atoms with Crippen molar-refractivity contribution in [3.63, 3.8) is 0 Å². The summed E-state index contributed by atoms with van der Waals surface area (Å²) in [5.74, 6) is 0.703. The van der Waals surface area contributed by atoms with Gasteiger partial charge < -0.3 is 14.8 Å². The first-order chi connectivity index (χ1) is 15.8. The Labute approximate surface area is 195 Å². The molecule has 0 aliphatic heterocycles. The molecule has 1 amide bonds. The lowest BCUT2D eigenvalue weighted by molar-refractivity contribution is -0.114. The first-order valence-corrected chi connectivity index (χ1v) is 11.9. The van der Waals surface area contributed by atoms with Crippen molar-refractivity contribution in [2.45, 2.75) is 24.7 Å². The first kappa shape index (κ1) is 24.1. The van der Waals surface area contributed by atoms with Crippen molar-refractivity contribution in [2.24, 2.45) is 0 Å². The number of rotatable bonds is 9. The second kappa shape index (κ2) is 10.4. The predicted molar refractivity (Wildman–Crippen MR) is 130 cm³/mol. The number of carbonyl (C=O) groups excluding carboxylic acids is 1. The van der Waals surface area contributed by atoms with Crippen molar-refractivity contribution in [2.75, 3.05) is 30.4 Å². The van der Waals surface area contributed by atoms with E-state index in [2.05, 4.69) is 19.2 Å². The number of amides is 1. The monoisotopic (exact) mass is 468 g/mol. The summed E-state index contributed by atoms with van der Waals surface area (Å²) in [4.78, 5) is 13.0. The minimum absolute atomic E-state index is 0.0777. The Bertz CT molecular complexity index is 1190. The van der Waals surface area contributed by atoms with Crippen LogP contribution >= 0.6 is 0 Å². The van der Waals surface area contributed by atoms with Gasteiger partial charge in [0.05, 0.1) is 24.8 Å². The topological polar surface area (TPSA) is 84.9 Å². The second-order valence-electron chi connectivity index (χ2n) is 7.69. The molecule has 7 nitrogen and oxygen atoms in total. The molecule has 0 heterocycles. The molecule has 0 saturated carbocycles. The Hall–Kier alpha value is -3.52. The maximum atomic E-state index is 13.5. The third-order valence-corrected chi connectivity index (χ3v) is 6.92. The van der Waals surface area contributed by atoms with E-state index < -0.39 is 22.5 Å². The molecule has 0 unspecified atom stereocenters. The van der Waals surface area contributed by atoms with Gasteiger partial charge >= 0.3 is 0 Å². The molecule has 0 aromatic heterocycles. The number of hydrogen-bond acceptors (Lipinski definition) is 5. The predicted octanol–water partition coefficient (Wildman–Crippen LogP) is 4.66. The summed E-state index contributed by atoms with van der Waals surface area (Å²) in [7, 11) is -1.07. The molecule has 0 aliphatic carbocycles. The molecule has 3 aromatic rings. The Kier molecular flexibility index (Phi) is 7.60. The minimum atomic E-state index is -4.03. The quantitative estimate of drug-likeness (QED) is 0.494. The largest absolute Gasteiger partial charge is 0.493 e. The zero-order valence-electron chi connectivity index (χ0n) is 19.1. The zero-order valence-corrected chi connectivity index (χ0v) is 19.9. The Balaban J connectivity index is 1.94. The summed E-state index contributed by atoms with van der Waals surface area (Å²) in [5.41, 5.74) is 2.02. The number of anilines is 2. The van der Waals surface area contributed by atoms with Crippen molar-refractivity contribution in [3.8, 4) is 11.5 Å². The van der Waals surface area contributed by atoms with Crippen molar-refractivity contribution >= 4 is 27.3 Å². The molecular weight excluding hydrogens is 440 g/mol. The average molecular weight is 469 g/mol. The maximum absolute atomic E-state index is 13.5. The number of benzene rings is 3. The van der Waals surface area contributed by atoms with E-state index in [9.17, 15) is 13.2 Å². The summed E-state index contributed by atoms with van der Waals surface area (Å²) in [6.45, 7) is 3.75. The number of ether oxygens (including phenoxy) is 2. The number of hydrogen-bond donors (Lipinski definition) is 1. The van der Waals surface area contributed by atoms with E-state index in [1.165, 1.54) is 32.4 Å². The molecule has 0 aliphatic rings. The SMILES string of the molecule is COc1ccc(N(CC(=O)Nc2ccc(C(C)C)cc2)S(=O)(=O)c2ccccc2)cc1OC. The lowest BCUT2D eigenvalue weighted by atomic mass is 10.0. The zero-order chi connectivity index (χ0) is 24.0. The maximum Gasteiger partial charge on any atom is 0.264 e. The van der Waals surface area contributed by atoms with E-state index >= 15 is 0 Å². The first-order valence-electron chi connectivity index (χ1n) is 10.5. The highest BCUT2D eigenvalue weighted by Crippen LogP contribution is 2.33. The molecule has 0 atom stereocenters. The second-order valence-corrected chi connectivity index (χ2v) is 9.55. The highest BCUT2D eigenvalue weighted by Gasteiger charge is 2.28. The molecule has 33 heavy (non-hydrogen) atoms. The van der Waals surface area contributed by atoms with E-state index in [0.717, 1.165) is 9.87 Å². The fraction of sp³-hybridized carbons (Fsp3) is 0.240. The molecule has 0 bridgehead atoms. The molecule has 174 valence electrons. The lowest BCUT2D eigenvalue weighted by Crippen LogP contribution is -2.38. The van der Waals surface area contributed by atoms with E-state index in [0.29, 0.717) is 23.1 Å². The number of methoxy groups -OCH3 is 2. The smallest absolute Gasteiger partial charge is 0.264 e. The van der Waals surface area contributed by atoms with E-state index in [-0.39, 0.29) is 10.6 Å². The fourth-order valence-corrected chi connectivity index (χ4v) is 4.73. The van der Waals surface area contributed by atoms with Gasteiger partial charge in [-0.1, -0.05) is 44.2 Å². The molecule has 0 radical (unpaired) electrons. The van der Waals surface area contributed by atoms with E-state index in [4.69, 9.17) is 9.47 Å². The van der Waals surface area contributed by atoms with E-state index in [1.54, 1.807) is 42.5 Å². The summed E-state index contributed by atoms with van der Waals surface area (Å²) in [6.07, 6.45) is 0. The molecule has 3 aromatic carbocycles. The van der Waals surface area contributed by atoms with Gasteiger partial charge in [-0.05, 0) is 47.9 Å². The highest BCUT2D eigenvalue weighted by molar-refractivity contribution is 7.92.